The monoisotopic (exact) mass is 266 g/mol. The van der Waals surface area contributed by atoms with Gasteiger partial charge in [-0.05, 0) is 31.0 Å². The molecule has 0 aliphatic carbocycles. The van der Waals surface area contributed by atoms with Crippen LogP contribution in [-0.4, -0.2) is 28.3 Å². The highest BCUT2D eigenvalue weighted by atomic mass is 32.2. The number of hydrogen-bond acceptors (Lipinski definition) is 4. The Hall–Kier alpha value is -1.53. The maximum absolute atomic E-state index is 11.5. The van der Waals surface area contributed by atoms with Gasteiger partial charge in [-0.2, -0.15) is 0 Å². The second-order valence-electron chi connectivity index (χ2n) is 4.23. The van der Waals surface area contributed by atoms with E-state index < -0.39 is 12.0 Å². The van der Waals surface area contributed by atoms with Crippen molar-refractivity contribution in [1.29, 1.82) is 0 Å². The summed E-state index contributed by atoms with van der Waals surface area (Å²) in [4.78, 5) is 23.2. The number of rotatable bonds is 3. The van der Waals surface area contributed by atoms with E-state index in [2.05, 4.69) is 5.32 Å². The topological polar surface area (TPSA) is 92.4 Å². The Kier molecular flexibility index (Phi) is 3.58. The third-order valence-corrected chi connectivity index (χ3v) is 3.93. The number of nitrogens with two attached hydrogens (primary N) is 1. The second kappa shape index (κ2) is 4.99. The number of aliphatic carboxylic acids is 1. The number of fused-ring (bicyclic) bond motifs is 1. The molecule has 0 aromatic heterocycles. The van der Waals surface area contributed by atoms with Crippen molar-refractivity contribution in [3.05, 3.63) is 23.8 Å². The highest BCUT2D eigenvalue weighted by Crippen LogP contribution is 2.36. The van der Waals surface area contributed by atoms with Gasteiger partial charge < -0.3 is 16.2 Å². The fourth-order valence-corrected chi connectivity index (χ4v) is 2.65. The summed E-state index contributed by atoms with van der Waals surface area (Å²) in [6, 6.07) is 4.60. The Morgan fingerprint density at radius 1 is 1.61 bits per heavy atom. The van der Waals surface area contributed by atoms with Gasteiger partial charge in [-0.25, -0.2) is 0 Å². The van der Waals surface area contributed by atoms with E-state index in [1.165, 1.54) is 11.8 Å². The molecule has 1 aliphatic heterocycles. The van der Waals surface area contributed by atoms with Gasteiger partial charge in [-0.1, -0.05) is 6.07 Å². The smallest absolute Gasteiger partial charge is 0.320 e. The van der Waals surface area contributed by atoms with Gasteiger partial charge in [-0.15, -0.1) is 11.8 Å². The summed E-state index contributed by atoms with van der Waals surface area (Å²) in [6.45, 7) is 1.84. The van der Waals surface area contributed by atoms with Crippen molar-refractivity contribution in [2.24, 2.45) is 5.73 Å². The molecule has 1 amide bonds. The summed E-state index contributed by atoms with van der Waals surface area (Å²) < 4.78 is 0. The Morgan fingerprint density at radius 2 is 2.33 bits per heavy atom. The van der Waals surface area contributed by atoms with Gasteiger partial charge in [0.05, 0.1) is 10.9 Å². The van der Waals surface area contributed by atoms with Crippen LogP contribution >= 0.6 is 11.8 Å². The van der Waals surface area contributed by atoms with Gasteiger partial charge >= 0.3 is 5.97 Å². The van der Waals surface area contributed by atoms with Crippen LogP contribution < -0.4 is 11.1 Å². The molecule has 0 saturated heterocycles. The van der Waals surface area contributed by atoms with E-state index in [0.717, 1.165) is 16.1 Å². The SMILES string of the molecule is CC1Sc2ccc(CC(N)C(=O)O)cc2NC1=O. The van der Waals surface area contributed by atoms with Crippen LogP contribution in [-0.2, 0) is 16.0 Å². The summed E-state index contributed by atoms with van der Waals surface area (Å²) in [5.74, 6) is -1.06. The molecule has 18 heavy (non-hydrogen) atoms. The number of thioether (sulfide) groups is 1. The molecule has 0 bridgehead atoms. The molecule has 1 aliphatic rings. The molecule has 5 nitrogen and oxygen atoms in total. The highest BCUT2D eigenvalue weighted by Gasteiger charge is 2.23. The minimum atomic E-state index is -1.03. The van der Waals surface area contributed by atoms with Crippen LogP contribution in [0.2, 0.25) is 0 Å². The standard InChI is InChI=1S/C12H14N2O3S/c1-6-11(15)14-9-5-7(2-3-10(9)18-6)4-8(13)12(16)17/h2-3,5-6,8H,4,13H2,1H3,(H,14,15)(H,16,17). The highest BCUT2D eigenvalue weighted by molar-refractivity contribution is 8.00. The maximum Gasteiger partial charge on any atom is 0.320 e. The Morgan fingerprint density at radius 3 is 3.00 bits per heavy atom. The van der Waals surface area contributed by atoms with Crippen LogP contribution in [0.4, 0.5) is 5.69 Å². The predicted octanol–water partition coefficient (Wildman–Crippen LogP) is 1.07. The number of nitrogens with one attached hydrogen (secondary N) is 1. The van der Waals surface area contributed by atoms with E-state index in [4.69, 9.17) is 10.8 Å². The summed E-state index contributed by atoms with van der Waals surface area (Å²) in [5, 5.41) is 11.5. The lowest BCUT2D eigenvalue weighted by molar-refractivity contribution is -0.138. The number of carbonyl (C=O) groups is 2. The van der Waals surface area contributed by atoms with Crippen LogP contribution in [0.3, 0.4) is 0 Å². The van der Waals surface area contributed by atoms with Crippen LogP contribution in [0.25, 0.3) is 0 Å². The molecule has 6 heteroatoms. The van der Waals surface area contributed by atoms with Crippen molar-refractivity contribution in [1.82, 2.24) is 0 Å². The van der Waals surface area contributed by atoms with Gasteiger partial charge in [0.1, 0.15) is 6.04 Å². The van der Waals surface area contributed by atoms with E-state index in [-0.39, 0.29) is 17.6 Å². The molecule has 1 aromatic rings. The fraction of sp³-hybridized carbons (Fsp3) is 0.333. The summed E-state index contributed by atoms with van der Waals surface area (Å²) in [7, 11) is 0. The largest absolute Gasteiger partial charge is 0.480 e. The number of anilines is 1. The third-order valence-electron chi connectivity index (χ3n) is 2.75. The molecular weight excluding hydrogens is 252 g/mol. The van der Waals surface area contributed by atoms with E-state index in [0.29, 0.717) is 0 Å². The minimum absolute atomic E-state index is 0.0350. The van der Waals surface area contributed by atoms with Crippen LogP contribution in [0.5, 0.6) is 0 Å². The Balaban J connectivity index is 2.20. The normalized spacial score (nSPS) is 19.9. The zero-order valence-corrected chi connectivity index (χ0v) is 10.7. The number of hydrogen-bond donors (Lipinski definition) is 3. The second-order valence-corrected chi connectivity index (χ2v) is 5.61. The first kappa shape index (κ1) is 12.9. The molecule has 4 N–H and O–H groups in total. The minimum Gasteiger partial charge on any atom is -0.480 e. The average Bonchev–Trinajstić information content (AvgIpc) is 2.31. The van der Waals surface area contributed by atoms with Crippen LogP contribution in [0.15, 0.2) is 23.1 Å². The number of carboxylic acid groups (broad SMARTS) is 1. The summed E-state index contributed by atoms with van der Waals surface area (Å²) >= 11 is 1.49. The number of carboxylic acids is 1. The molecular formula is C12H14N2O3S. The molecule has 2 atom stereocenters. The lowest BCUT2D eigenvalue weighted by atomic mass is 10.1. The van der Waals surface area contributed by atoms with Crippen molar-refractivity contribution in [2.75, 3.05) is 5.32 Å². The number of amides is 1. The van der Waals surface area contributed by atoms with Gasteiger partial charge in [0.15, 0.2) is 0 Å². The zero-order valence-electron chi connectivity index (χ0n) is 9.84. The molecule has 0 saturated carbocycles. The average molecular weight is 266 g/mol. The molecule has 0 fully saturated rings. The third kappa shape index (κ3) is 2.65. The lowest BCUT2D eigenvalue weighted by Gasteiger charge is -2.22. The van der Waals surface area contributed by atoms with Crippen LogP contribution in [0.1, 0.15) is 12.5 Å². The van der Waals surface area contributed by atoms with Crippen molar-refractivity contribution in [3.63, 3.8) is 0 Å². The van der Waals surface area contributed by atoms with E-state index in [1.54, 1.807) is 6.07 Å². The fourth-order valence-electron chi connectivity index (χ4n) is 1.72. The molecule has 1 aromatic carbocycles. The molecule has 0 radical (unpaired) electrons. The van der Waals surface area contributed by atoms with Gasteiger partial charge in [0.25, 0.3) is 0 Å². The van der Waals surface area contributed by atoms with Gasteiger partial charge in [-0.3, -0.25) is 9.59 Å². The zero-order chi connectivity index (χ0) is 13.3. The molecule has 2 unspecified atom stereocenters. The number of carbonyl (C=O) groups excluding carboxylic acids is 1. The molecule has 0 spiro atoms. The molecule has 2 rings (SSSR count). The lowest BCUT2D eigenvalue weighted by Crippen LogP contribution is -2.32. The first-order chi connectivity index (χ1) is 8.47. The maximum atomic E-state index is 11.5. The van der Waals surface area contributed by atoms with Gasteiger partial charge in [0.2, 0.25) is 5.91 Å². The summed E-state index contributed by atoms with van der Waals surface area (Å²) in [5.41, 5.74) is 7.02. The van der Waals surface area contributed by atoms with Crippen molar-refractivity contribution >= 4 is 29.3 Å². The predicted molar refractivity (Wildman–Crippen MR) is 69.7 cm³/mol. The summed E-state index contributed by atoms with van der Waals surface area (Å²) in [6.07, 6.45) is 0.249. The van der Waals surface area contributed by atoms with Crippen LogP contribution in [0, 0.1) is 0 Å². The van der Waals surface area contributed by atoms with E-state index in [1.807, 2.05) is 19.1 Å². The van der Waals surface area contributed by atoms with Crippen molar-refractivity contribution in [3.8, 4) is 0 Å². The molecule has 96 valence electrons. The van der Waals surface area contributed by atoms with E-state index in [9.17, 15) is 9.59 Å². The first-order valence-electron chi connectivity index (χ1n) is 5.56. The van der Waals surface area contributed by atoms with Crippen molar-refractivity contribution < 1.29 is 14.7 Å². The Labute approximate surface area is 109 Å². The Bertz CT molecular complexity index is 504. The number of benzene rings is 1. The molecule has 1 heterocycles. The van der Waals surface area contributed by atoms with Gasteiger partial charge in [0, 0.05) is 4.90 Å². The van der Waals surface area contributed by atoms with Crippen molar-refractivity contribution in [2.45, 2.75) is 29.5 Å². The quantitative estimate of drug-likeness (QED) is 0.761. The van der Waals surface area contributed by atoms with E-state index >= 15 is 0 Å². The first-order valence-corrected chi connectivity index (χ1v) is 6.44.